The molecule has 0 spiro atoms. The second-order valence-corrected chi connectivity index (χ2v) is 11.2. The molecular weight excluding hydrogens is 679 g/mol. The first-order valence-electron chi connectivity index (χ1n) is 13.9. The van der Waals surface area contributed by atoms with Crippen molar-refractivity contribution in [2.75, 3.05) is 0 Å². The molecule has 6 aromatic heterocycles. The number of hydrogen-bond acceptors (Lipinski definition) is 6. The van der Waals surface area contributed by atoms with E-state index in [4.69, 9.17) is 34.8 Å². The van der Waals surface area contributed by atoms with Crippen molar-refractivity contribution in [3.05, 3.63) is 143 Å². The van der Waals surface area contributed by atoms with Crippen molar-refractivity contribution >= 4 is 100 Å². The van der Waals surface area contributed by atoms with E-state index in [1.54, 1.807) is 37.2 Å². The van der Waals surface area contributed by atoms with Crippen LogP contribution in [0.5, 0.6) is 0 Å². The third-order valence-corrected chi connectivity index (χ3v) is 8.17. The zero-order valence-electron chi connectivity index (χ0n) is 23.8. The van der Waals surface area contributed by atoms with E-state index < -0.39 is 0 Å². The number of pyridine rings is 6. The van der Waals surface area contributed by atoms with Crippen LogP contribution in [0.3, 0.4) is 0 Å². The summed E-state index contributed by atoms with van der Waals surface area (Å²) in [6.45, 7) is 0. The topological polar surface area (TPSA) is 77.3 Å². The predicted molar refractivity (Wildman–Crippen MR) is 186 cm³/mol. The van der Waals surface area contributed by atoms with Crippen molar-refractivity contribution in [2.24, 2.45) is 0 Å². The predicted octanol–water partition coefficient (Wildman–Crippen LogP) is 10.3. The monoisotopic (exact) mass is 698 g/mol. The quantitative estimate of drug-likeness (QED) is 0.116. The molecule has 0 saturated carbocycles. The van der Waals surface area contributed by atoms with Gasteiger partial charge in [0.15, 0.2) is 0 Å². The van der Waals surface area contributed by atoms with Crippen molar-refractivity contribution in [3.63, 3.8) is 0 Å². The Kier molecular flexibility index (Phi) is 9.50. The molecule has 46 heavy (non-hydrogen) atoms. The van der Waals surface area contributed by atoms with Gasteiger partial charge in [0.2, 0.25) is 0 Å². The fourth-order valence-corrected chi connectivity index (χ4v) is 6.01. The maximum Gasteiger partial charge on any atom is 2.00 e. The normalized spacial score (nSPS) is 10.8. The third-order valence-electron chi connectivity index (χ3n) is 7.23. The van der Waals surface area contributed by atoms with E-state index in [9.17, 15) is 0 Å². The molecule has 6 heterocycles. The summed E-state index contributed by atoms with van der Waals surface area (Å²) < 4.78 is 0. The van der Waals surface area contributed by atoms with Gasteiger partial charge in [-0.15, -0.1) is 0 Å². The summed E-state index contributed by atoms with van der Waals surface area (Å²) in [6, 6.07) is 28.9. The number of fused-ring (bicyclic) bond motifs is 9. The molecule has 0 aliphatic heterocycles. The fourth-order valence-electron chi connectivity index (χ4n) is 5.20. The summed E-state index contributed by atoms with van der Waals surface area (Å²) in [5, 5.41) is 8.08. The second kappa shape index (κ2) is 13.9. The minimum absolute atomic E-state index is 0. The van der Waals surface area contributed by atoms with Crippen LogP contribution < -0.4 is 0 Å². The van der Waals surface area contributed by atoms with Gasteiger partial charge in [0.05, 0.1) is 48.2 Å². The van der Waals surface area contributed by atoms with E-state index in [1.165, 1.54) is 0 Å². The maximum atomic E-state index is 6.17. The van der Waals surface area contributed by atoms with Gasteiger partial charge in [-0.2, -0.15) is 0 Å². The Bertz CT molecular complexity index is 2230. The molecule has 0 aliphatic carbocycles. The van der Waals surface area contributed by atoms with Gasteiger partial charge in [-0.1, -0.05) is 53.0 Å². The van der Waals surface area contributed by atoms with Gasteiger partial charge < -0.3 is 0 Å². The summed E-state index contributed by atoms with van der Waals surface area (Å²) in [4.78, 5) is 26.0. The van der Waals surface area contributed by atoms with Crippen LogP contribution in [-0.4, -0.2) is 29.9 Å². The molecule has 0 unspecified atom stereocenters. The average Bonchev–Trinajstić information content (AvgIpc) is 3.09. The van der Waals surface area contributed by atoms with E-state index in [2.05, 4.69) is 29.9 Å². The van der Waals surface area contributed by atoms with Crippen molar-refractivity contribution in [3.8, 4) is 0 Å². The van der Waals surface area contributed by atoms with Crippen LogP contribution in [0.4, 0.5) is 0 Å². The molecule has 0 N–H and O–H groups in total. The largest absolute Gasteiger partial charge is 2.00 e. The van der Waals surface area contributed by atoms with Crippen molar-refractivity contribution < 1.29 is 17.1 Å². The maximum absolute atomic E-state index is 6.17. The Balaban J connectivity index is 0.000000120. The SMILES string of the molecule is Clc1cc2cccnc2c2ncccc12.Clc1cc2cccnc2c2ncccc12.Clc1cc2cccnc2c2ncccc12.[Fe+2]. The van der Waals surface area contributed by atoms with Gasteiger partial charge in [-0.25, -0.2) is 0 Å². The summed E-state index contributed by atoms with van der Waals surface area (Å²) in [5.74, 6) is 0. The van der Waals surface area contributed by atoms with Gasteiger partial charge in [-0.05, 0) is 72.8 Å². The first-order chi connectivity index (χ1) is 22.1. The van der Waals surface area contributed by atoms with Gasteiger partial charge in [0, 0.05) is 69.5 Å². The molecule has 0 saturated heterocycles. The zero-order chi connectivity index (χ0) is 30.8. The summed E-state index contributed by atoms with van der Waals surface area (Å²) >= 11 is 18.5. The van der Waals surface area contributed by atoms with E-state index in [-0.39, 0.29) is 17.1 Å². The standard InChI is InChI=1S/3C12H7ClN2.Fe/c3*13-10-7-8-3-1-5-14-11(8)12-9(10)4-2-6-15-12;/h3*1-7H;/q;;;+2. The molecule has 0 amide bonds. The van der Waals surface area contributed by atoms with Crippen LogP contribution in [0.15, 0.2) is 128 Å². The number of benzene rings is 3. The Hall–Kier alpha value is -4.49. The van der Waals surface area contributed by atoms with Crippen molar-refractivity contribution in [2.45, 2.75) is 0 Å². The number of rotatable bonds is 0. The Morgan fingerprint density at radius 3 is 0.848 bits per heavy atom. The van der Waals surface area contributed by atoms with Crippen LogP contribution in [0.25, 0.3) is 65.4 Å². The summed E-state index contributed by atoms with van der Waals surface area (Å²) in [7, 11) is 0. The number of nitrogens with zero attached hydrogens (tertiary/aromatic N) is 6. The van der Waals surface area contributed by atoms with Gasteiger partial charge >= 0.3 is 17.1 Å². The van der Waals surface area contributed by atoms with E-state index in [1.807, 2.05) is 91.0 Å². The number of hydrogen-bond donors (Lipinski definition) is 0. The fraction of sp³-hybridized carbons (Fsp3) is 0. The molecule has 3 aromatic carbocycles. The molecule has 0 aliphatic rings. The first-order valence-corrected chi connectivity index (χ1v) is 15.1. The van der Waals surface area contributed by atoms with Crippen LogP contribution in [-0.2, 0) is 17.1 Å². The molecule has 0 bridgehead atoms. The number of aromatic nitrogens is 6. The van der Waals surface area contributed by atoms with Gasteiger partial charge in [0.25, 0.3) is 0 Å². The zero-order valence-corrected chi connectivity index (χ0v) is 27.2. The molecule has 222 valence electrons. The Morgan fingerprint density at radius 2 is 0.565 bits per heavy atom. The Labute approximate surface area is 288 Å². The van der Waals surface area contributed by atoms with E-state index in [0.29, 0.717) is 0 Å². The number of halogens is 3. The molecule has 10 heteroatoms. The molecule has 0 fully saturated rings. The molecule has 6 nitrogen and oxygen atoms in total. The smallest absolute Gasteiger partial charge is 0.254 e. The van der Waals surface area contributed by atoms with Crippen molar-refractivity contribution in [1.82, 2.24) is 29.9 Å². The molecule has 9 rings (SSSR count). The third kappa shape index (κ3) is 6.16. The van der Waals surface area contributed by atoms with Crippen LogP contribution >= 0.6 is 34.8 Å². The second-order valence-electron chi connectivity index (χ2n) is 10.00. The van der Waals surface area contributed by atoms with Crippen LogP contribution in [0.2, 0.25) is 15.1 Å². The molecular formula is C36H21Cl3FeN6+2. The minimum Gasteiger partial charge on any atom is -0.254 e. The summed E-state index contributed by atoms with van der Waals surface area (Å²) in [6.07, 6.45) is 10.6. The molecule has 0 radical (unpaired) electrons. The Morgan fingerprint density at radius 1 is 0.326 bits per heavy atom. The minimum atomic E-state index is 0. The van der Waals surface area contributed by atoms with Crippen molar-refractivity contribution in [1.29, 1.82) is 0 Å². The molecule has 0 atom stereocenters. The van der Waals surface area contributed by atoms with E-state index >= 15 is 0 Å². The van der Waals surface area contributed by atoms with Gasteiger partial charge in [0.1, 0.15) is 0 Å². The first kappa shape index (κ1) is 31.5. The van der Waals surface area contributed by atoms with Gasteiger partial charge in [-0.3, -0.25) is 29.9 Å². The van der Waals surface area contributed by atoms with Crippen LogP contribution in [0, 0.1) is 0 Å². The van der Waals surface area contributed by atoms with Crippen LogP contribution in [0.1, 0.15) is 0 Å². The molecule has 9 aromatic rings. The average molecular weight is 700 g/mol. The summed E-state index contributed by atoms with van der Waals surface area (Å²) in [5.41, 5.74) is 5.29. The van der Waals surface area contributed by atoms with E-state index in [0.717, 1.165) is 80.5 Å².